The molecule has 130 valence electrons. The molecular formula is C22H24N4+2. The highest BCUT2D eigenvalue weighted by Gasteiger charge is 2.40. The Labute approximate surface area is 152 Å². The third-order valence-electron chi connectivity index (χ3n) is 6.18. The van der Waals surface area contributed by atoms with Crippen molar-refractivity contribution in [1.29, 1.82) is 0 Å². The van der Waals surface area contributed by atoms with Crippen LogP contribution in [0.3, 0.4) is 0 Å². The number of benzene rings is 2. The number of imidazole rings is 2. The maximum atomic E-state index is 2.58. The fourth-order valence-electron chi connectivity index (χ4n) is 5.06. The third-order valence-corrected chi connectivity index (χ3v) is 6.18. The largest absolute Gasteiger partial charge is 0.374 e. The summed E-state index contributed by atoms with van der Waals surface area (Å²) in [5.74, 6) is 2.81. The van der Waals surface area contributed by atoms with Gasteiger partial charge in [-0.15, -0.1) is 0 Å². The van der Waals surface area contributed by atoms with Gasteiger partial charge in [0.05, 0.1) is 26.2 Å². The van der Waals surface area contributed by atoms with Gasteiger partial charge >= 0.3 is 11.6 Å². The van der Waals surface area contributed by atoms with Crippen molar-refractivity contribution in [3.05, 3.63) is 48.5 Å². The first-order valence-electron chi connectivity index (χ1n) is 9.96. The molecule has 2 aliphatic heterocycles. The highest BCUT2D eigenvalue weighted by atomic mass is 15.3. The molecule has 0 radical (unpaired) electrons. The van der Waals surface area contributed by atoms with Crippen molar-refractivity contribution in [3.8, 4) is 11.6 Å². The van der Waals surface area contributed by atoms with E-state index in [1.807, 2.05) is 0 Å². The molecule has 2 aromatic heterocycles. The molecule has 0 saturated carbocycles. The summed E-state index contributed by atoms with van der Waals surface area (Å²) in [7, 11) is 0. The number of hydrogen-bond acceptors (Lipinski definition) is 0. The second-order valence-electron chi connectivity index (χ2n) is 7.65. The standard InChI is InChI=1S/C22H24N4/c1-2-10-18-17(9-1)23-13-5-6-15-25-19-11-3-4-12-20(19)26-16-8-7-14-24(18)21(23)22(25)26/h1-4,9-12H,5-8,13-16H2/q+2. The van der Waals surface area contributed by atoms with E-state index in [1.165, 1.54) is 59.4 Å². The summed E-state index contributed by atoms with van der Waals surface area (Å²) in [5, 5.41) is 0. The molecule has 4 aromatic rings. The average Bonchev–Trinajstić information content (AvgIpc) is 3.09. The van der Waals surface area contributed by atoms with E-state index in [0.717, 1.165) is 26.2 Å². The maximum absolute atomic E-state index is 2.58. The van der Waals surface area contributed by atoms with Crippen molar-refractivity contribution in [2.24, 2.45) is 0 Å². The van der Waals surface area contributed by atoms with Crippen LogP contribution in [0.15, 0.2) is 48.5 Å². The Morgan fingerprint density at radius 2 is 1.04 bits per heavy atom. The number of rotatable bonds is 0. The zero-order valence-corrected chi connectivity index (χ0v) is 15.1. The topological polar surface area (TPSA) is 17.6 Å². The molecule has 0 unspecified atom stereocenters. The zero-order valence-electron chi connectivity index (χ0n) is 15.1. The van der Waals surface area contributed by atoms with Gasteiger partial charge in [0.15, 0.2) is 22.1 Å². The molecule has 2 aromatic carbocycles. The molecule has 0 bridgehead atoms. The van der Waals surface area contributed by atoms with Crippen molar-refractivity contribution < 1.29 is 9.13 Å². The summed E-state index contributed by atoms with van der Waals surface area (Å²) in [6.45, 7) is 4.46. The Balaban J connectivity index is 1.83. The minimum absolute atomic E-state index is 1.12. The summed E-state index contributed by atoms with van der Waals surface area (Å²) < 4.78 is 10.3. The summed E-state index contributed by atoms with van der Waals surface area (Å²) in [6.07, 6.45) is 4.94. The molecule has 4 nitrogen and oxygen atoms in total. The molecule has 0 spiro atoms. The van der Waals surface area contributed by atoms with Crippen LogP contribution in [0.4, 0.5) is 0 Å². The number of hydrogen-bond donors (Lipinski definition) is 0. The van der Waals surface area contributed by atoms with Crippen LogP contribution in [-0.4, -0.2) is 9.13 Å². The van der Waals surface area contributed by atoms with Gasteiger partial charge in [0.1, 0.15) is 0 Å². The summed E-state index contributed by atoms with van der Waals surface area (Å²) in [5.41, 5.74) is 5.54. The Morgan fingerprint density at radius 1 is 0.577 bits per heavy atom. The lowest BCUT2D eigenvalue weighted by molar-refractivity contribution is -0.693. The molecule has 0 saturated heterocycles. The van der Waals surface area contributed by atoms with Crippen LogP contribution in [0.5, 0.6) is 0 Å². The smallest absolute Gasteiger partial charge is 0.216 e. The molecule has 0 fully saturated rings. The van der Waals surface area contributed by atoms with Crippen LogP contribution in [0.1, 0.15) is 25.7 Å². The van der Waals surface area contributed by atoms with Crippen molar-refractivity contribution in [3.63, 3.8) is 0 Å². The first-order valence-corrected chi connectivity index (χ1v) is 9.96. The molecule has 0 amide bonds. The predicted molar refractivity (Wildman–Crippen MR) is 102 cm³/mol. The van der Waals surface area contributed by atoms with E-state index in [9.17, 15) is 0 Å². The van der Waals surface area contributed by atoms with E-state index < -0.39 is 0 Å². The van der Waals surface area contributed by atoms with Crippen molar-refractivity contribution in [2.75, 3.05) is 0 Å². The van der Waals surface area contributed by atoms with Crippen LogP contribution in [-0.2, 0) is 26.2 Å². The van der Waals surface area contributed by atoms with Crippen LogP contribution in [0, 0.1) is 0 Å². The molecule has 0 atom stereocenters. The maximum Gasteiger partial charge on any atom is 0.374 e. The van der Waals surface area contributed by atoms with Gasteiger partial charge in [0.25, 0.3) is 0 Å². The number of nitrogens with zero attached hydrogens (tertiary/aromatic N) is 4. The molecule has 4 heteroatoms. The predicted octanol–water partition coefficient (Wildman–Crippen LogP) is 3.43. The first kappa shape index (κ1) is 14.5. The SMILES string of the molecule is c1ccc2c(c1)n1c3[n+]2CCCCn2c-3[n+](c3ccccc32)CCCC1. The van der Waals surface area contributed by atoms with Crippen molar-refractivity contribution in [1.82, 2.24) is 9.13 Å². The van der Waals surface area contributed by atoms with Crippen LogP contribution < -0.4 is 9.13 Å². The highest BCUT2D eigenvalue weighted by molar-refractivity contribution is 5.78. The fourth-order valence-corrected chi connectivity index (χ4v) is 5.06. The average molecular weight is 344 g/mol. The fraction of sp³-hybridized carbons (Fsp3) is 0.364. The monoisotopic (exact) mass is 344 g/mol. The second-order valence-corrected chi connectivity index (χ2v) is 7.65. The number of para-hydroxylation sites is 4. The van der Waals surface area contributed by atoms with Gasteiger partial charge in [-0.1, -0.05) is 24.3 Å². The Kier molecular flexibility index (Phi) is 3.04. The van der Waals surface area contributed by atoms with Crippen molar-refractivity contribution >= 4 is 22.1 Å². The molecule has 0 aliphatic carbocycles. The van der Waals surface area contributed by atoms with Gasteiger partial charge < -0.3 is 0 Å². The quantitative estimate of drug-likeness (QED) is 0.435. The van der Waals surface area contributed by atoms with E-state index in [2.05, 4.69) is 66.8 Å². The Bertz CT molecular complexity index is 970. The first-order chi connectivity index (χ1) is 12.9. The lowest BCUT2D eigenvalue weighted by Crippen LogP contribution is -2.45. The lowest BCUT2D eigenvalue weighted by Gasteiger charge is -2.12. The van der Waals surface area contributed by atoms with Crippen LogP contribution in [0.2, 0.25) is 0 Å². The number of aromatic nitrogens is 4. The van der Waals surface area contributed by atoms with E-state index in [1.54, 1.807) is 0 Å². The van der Waals surface area contributed by atoms with E-state index >= 15 is 0 Å². The Morgan fingerprint density at radius 3 is 1.54 bits per heavy atom. The minimum atomic E-state index is 1.12. The number of aryl methyl sites for hydroxylation is 4. The van der Waals surface area contributed by atoms with Gasteiger partial charge in [-0.3, -0.25) is 0 Å². The highest BCUT2D eigenvalue weighted by Crippen LogP contribution is 2.29. The summed E-state index contributed by atoms with van der Waals surface area (Å²) in [4.78, 5) is 0. The normalized spacial score (nSPS) is 16.8. The zero-order chi connectivity index (χ0) is 17.1. The molecular weight excluding hydrogens is 320 g/mol. The molecule has 26 heavy (non-hydrogen) atoms. The van der Waals surface area contributed by atoms with Crippen LogP contribution >= 0.6 is 0 Å². The molecule has 4 heterocycles. The van der Waals surface area contributed by atoms with Gasteiger partial charge in [-0.05, 0) is 49.9 Å². The van der Waals surface area contributed by atoms with Gasteiger partial charge in [0, 0.05) is 0 Å². The minimum Gasteiger partial charge on any atom is -0.216 e. The second kappa shape index (κ2) is 5.44. The van der Waals surface area contributed by atoms with E-state index in [-0.39, 0.29) is 0 Å². The summed E-state index contributed by atoms with van der Waals surface area (Å²) in [6, 6.07) is 17.9. The molecule has 6 rings (SSSR count). The van der Waals surface area contributed by atoms with Gasteiger partial charge in [-0.2, -0.15) is 0 Å². The molecule has 2 aliphatic rings. The van der Waals surface area contributed by atoms with Gasteiger partial charge in [-0.25, -0.2) is 18.3 Å². The van der Waals surface area contributed by atoms with E-state index in [4.69, 9.17) is 0 Å². The van der Waals surface area contributed by atoms with Crippen molar-refractivity contribution in [2.45, 2.75) is 51.9 Å². The third kappa shape index (κ3) is 1.84. The van der Waals surface area contributed by atoms with E-state index in [0.29, 0.717) is 0 Å². The Hall–Kier alpha value is -2.62. The summed E-state index contributed by atoms with van der Waals surface area (Å²) >= 11 is 0. The lowest BCUT2D eigenvalue weighted by atomic mass is 10.2. The van der Waals surface area contributed by atoms with Crippen LogP contribution in [0.25, 0.3) is 33.7 Å². The molecule has 0 N–H and O–H groups in total. The van der Waals surface area contributed by atoms with Gasteiger partial charge in [0.2, 0.25) is 0 Å². The number of fused-ring (bicyclic) bond motifs is 6.